The summed E-state index contributed by atoms with van der Waals surface area (Å²) in [4.78, 5) is 23.4. The van der Waals surface area contributed by atoms with Crippen LogP contribution in [0.4, 0.5) is 0 Å². The molecule has 1 aromatic rings. The summed E-state index contributed by atoms with van der Waals surface area (Å²) in [6.45, 7) is 0. The lowest BCUT2D eigenvalue weighted by Crippen LogP contribution is -2.45. The van der Waals surface area contributed by atoms with Crippen LogP contribution in [0.25, 0.3) is 0 Å². The number of carbonyl (C=O) groups excluding carboxylic acids is 1. The first kappa shape index (κ1) is 14.5. The van der Waals surface area contributed by atoms with Gasteiger partial charge in [0, 0.05) is 7.11 Å². The molecule has 1 saturated carbocycles. The van der Waals surface area contributed by atoms with Gasteiger partial charge >= 0.3 is 5.97 Å². The van der Waals surface area contributed by atoms with Crippen molar-refractivity contribution in [2.45, 2.75) is 37.3 Å². The van der Waals surface area contributed by atoms with Crippen LogP contribution in [0.1, 0.15) is 37.3 Å². The summed E-state index contributed by atoms with van der Waals surface area (Å²) in [5, 5.41) is 11.8. The van der Waals surface area contributed by atoms with Crippen LogP contribution in [0, 0.1) is 0 Å². The predicted molar refractivity (Wildman–Crippen MR) is 73.2 cm³/mol. The van der Waals surface area contributed by atoms with Crippen LogP contribution >= 0.6 is 0 Å². The second-order valence-electron chi connectivity index (χ2n) is 5.17. The highest BCUT2D eigenvalue weighted by atomic mass is 16.5. The number of carboxylic acids is 1. The Bertz CT molecular complexity index is 476. The highest BCUT2D eigenvalue weighted by Crippen LogP contribution is 2.38. The Labute approximate surface area is 117 Å². The molecule has 2 rings (SSSR count). The average molecular weight is 277 g/mol. The molecule has 108 valence electrons. The van der Waals surface area contributed by atoms with Gasteiger partial charge in [-0.05, 0) is 24.8 Å². The summed E-state index contributed by atoms with van der Waals surface area (Å²) >= 11 is 0. The average Bonchev–Trinajstić information content (AvgIpc) is 2.41. The van der Waals surface area contributed by atoms with E-state index >= 15 is 0 Å². The van der Waals surface area contributed by atoms with Gasteiger partial charge in [-0.25, -0.2) is 4.79 Å². The van der Waals surface area contributed by atoms with Gasteiger partial charge in [-0.1, -0.05) is 30.3 Å². The van der Waals surface area contributed by atoms with Gasteiger partial charge in [0.05, 0.1) is 12.0 Å². The van der Waals surface area contributed by atoms with E-state index in [0.29, 0.717) is 5.56 Å². The molecule has 1 aliphatic carbocycles. The molecule has 1 atom stereocenters. The minimum Gasteiger partial charge on any atom is -0.479 e. The van der Waals surface area contributed by atoms with Gasteiger partial charge in [-0.2, -0.15) is 0 Å². The molecule has 0 aliphatic heterocycles. The SMILES string of the molecule is COC1(CC(=O)NC(C(=O)O)c2ccccc2)CCC1. The number of hydrogen-bond donors (Lipinski definition) is 2. The molecule has 0 aromatic heterocycles. The Morgan fingerprint density at radius 1 is 1.35 bits per heavy atom. The van der Waals surface area contributed by atoms with Crippen molar-refractivity contribution in [1.29, 1.82) is 0 Å². The van der Waals surface area contributed by atoms with E-state index in [0.717, 1.165) is 19.3 Å². The first-order valence-electron chi connectivity index (χ1n) is 6.69. The molecule has 0 spiro atoms. The molecule has 1 aliphatic rings. The number of hydrogen-bond acceptors (Lipinski definition) is 3. The van der Waals surface area contributed by atoms with Crippen molar-refractivity contribution >= 4 is 11.9 Å². The van der Waals surface area contributed by atoms with Gasteiger partial charge in [0.1, 0.15) is 0 Å². The second-order valence-corrected chi connectivity index (χ2v) is 5.17. The number of methoxy groups -OCH3 is 1. The second kappa shape index (κ2) is 6.05. The van der Waals surface area contributed by atoms with E-state index in [1.54, 1.807) is 37.4 Å². The summed E-state index contributed by atoms with van der Waals surface area (Å²) in [5.74, 6) is -1.35. The van der Waals surface area contributed by atoms with Crippen LogP contribution in [0.2, 0.25) is 0 Å². The number of nitrogens with one attached hydrogen (secondary N) is 1. The lowest BCUT2D eigenvalue weighted by Gasteiger charge is -2.40. The smallest absolute Gasteiger partial charge is 0.330 e. The zero-order valence-electron chi connectivity index (χ0n) is 11.5. The number of ether oxygens (including phenoxy) is 1. The van der Waals surface area contributed by atoms with Crippen LogP contribution < -0.4 is 5.32 Å². The van der Waals surface area contributed by atoms with E-state index in [9.17, 15) is 14.7 Å². The Morgan fingerprint density at radius 2 is 2.00 bits per heavy atom. The van der Waals surface area contributed by atoms with Crippen molar-refractivity contribution in [1.82, 2.24) is 5.32 Å². The third-order valence-corrected chi connectivity index (χ3v) is 3.87. The highest BCUT2D eigenvalue weighted by molar-refractivity contribution is 5.85. The Kier molecular flexibility index (Phi) is 4.39. The van der Waals surface area contributed by atoms with E-state index in [2.05, 4.69) is 5.32 Å². The Balaban J connectivity index is 2.02. The number of rotatable bonds is 6. The molecule has 0 radical (unpaired) electrons. The van der Waals surface area contributed by atoms with Crippen molar-refractivity contribution in [3.8, 4) is 0 Å². The lowest BCUT2D eigenvalue weighted by molar-refractivity contribution is -0.145. The highest BCUT2D eigenvalue weighted by Gasteiger charge is 2.39. The predicted octanol–water partition coefficient (Wildman–Crippen LogP) is 1.89. The molecule has 1 fully saturated rings. The zero-order valence-corrected chi connectivity index (χ0v) is 11.5. The van der Waals surface area contributed by atoms with Gasteiger partial charge in [0.15, 0.2) is 6.04 Å². The largest absolute Gasteiger partial charge is 0.479 e. The van der Waals surface area contributed by atoms with E-state index in [1.165, 1.54) is 0 Å². The van der Waals surface area contributed by atoms with E-state index in [4.69, 9.17) is 4.74 Å². The fraction of sp³-hybridized carbons (Fsp3) is 0.467. The fourth-order valence-corrected chi connectivity index (χ4v) is 2.46. The minimum absolute atomic E-state index is 0.208. The number of benzene rings is 1. The van der Waals surface area contributed by atoms with Crippen molar-refractivity contribution in [2.75, 3.05) is 7.11 Å². The first-order chi connectivity index (χ1) is 9.56. The molecule has 0 saturated heterocycles. The van der Waals surface area contributed by atoms with Crippen LogP contribution in [0.5, 0.6) is 0 Å². The van der Waals surface area contributed by atoms with E-state index in [-0.39, 0.29) is 12.3 Å². The van der Waals surface area contributed by atoms with Gasteiger partial charge in [0.2, 0.25) is 5.91 Å². The molecule has 0 bridgehead atoms. The third-order valence-electron chi connectivity index (χ3n) is 3.87. The standard InChI is InChI=1S/C15H19NO4/c1-20-15(8-5-9-15)10-12(17)16-13(14(18)19)11-6-3-2-4-7-11/h2-4,6-7,13H,5,8-10H2,1H3,(H,16,17)(H,18,19). The molecule has 1 unspecified atom stereocenters. The summed E-state index contributed by atoms with van der Waals surface area (Å²) < 4.78 is 5.38. The minimum atomic E-state index is -1.07. The van der Waals surface area contributed by atoms with Crippen molar-refractivity contribution in [3.63, 3.8) is 0 Å². The third kappa shape index (κ3) is 3.17. The molecule has 2 N–H and O–H groups in total. The van der Waals surface area contributed by atoms with Crippen LogP contribution in [0.15, 0.2) is 30.3 Å². The summed E-state index contributed by atoms with van der Waals surface area (Å²) in [5.41, 5.74) is 0.164. The maximum atomic E-state index is 12.0. The number of carboxylic acid groups (broad SMARTS) is 1. The molecule has 0 heterocycles. The maximum absolute atomic E-state index is 12.0. The summed E-state index contributed by atoms with van der Waals surface area (Å²) in [6.07, 6.45) is 2.95. The lowest BCUT2D eigenvalue weighted by atomic mass is 9.77. The van der Waals surface area contributed by atoms with Crippen LogP contribution in [-0.2, 0) is 14.3 Å². The number of carbonyl (C=O) groups is 2. The van der Waals surface area contributed by atoms with Crippen molar-refractivity contribution < 1.29 is 19.4 Å². The Hall–Kier alpha value is -1.88. The van der Waals surface area contributed by atoms with Gasteiger partial charge in [-0.15, -0.1) is 0 Å². The molecular formula is C15H19NO4. The normalized spacial score (nSPS) is 17.9. The summed E-state index contributed by atoms with van der Waals surface area (Å²) in [7, 11) is 1.60. The molecule has 20 heavy (non-hydrogen) atoms. The molecular weight excluding hydrogens is 258 g/mol. The summed E-state index contributed by atoms with van der Waals surface area (Å²) in [6, 6.07) is 7.67. The van der Waals surface area contributed by atoms with Gasteiger partial charge in [-0.3, -0.25) is 4.79 Å². The Morgan fingerprint density at radius 3 is 2.45 bits per heavy atom. The maximum Gasteiger partial charge on any atom is 0.330 e. The van der Waals surface area contributed by atoms with Crippen LogP contribution in [-0.4, -0.2) is 29.7 Å². The molecule has 5 heteroatoms. The van der Waals surface area contributed by atoms with Crippen molar-refractivity contribution in [3.05, 3.63) is 35.9 Å². The molecule has 1 amide bonds. The van der Waals surface area contributed by atoms with E-state index < -0.39 is 17.6 Å². The number of aliphatic carboxylic acids is 1. The molecule has 1 aromatic carbocycles. The number of amides is 1. The van der Waals surface area contributed by atoms with Gasteiger partial charge < -0.3 is 15.2 Å². The fourth-order valence-electron chi connectivity index (χ4n) is 2.46. The zero-order chi connectivity index (χ0) is 14.6. The van der Waals surface area contributed by atoms with E-state index in [1.807, 2.05) is 0 Å². The van der Waals surface area contributed by atoms with Crippen molar-refractivity contribution in [2.24, 2.45) is 0 Å². The van der Waals surface area contributed by atoms with Gasteiger partial charge in [0.25, 0.3) is 0 Å². The molecule has 5 nitrogen and oxygen atoms in total. The quantitative estimate of drug-likeness (QED) is 0.832. The monoisotopic (exact) mass is 277 g/mol. The van der Waals surface area contributed by atoms with Crippen LogP contribution in [0.3, 0.4) is 0 Å². The first-order valence-corrected chi connectivity index (χ1v) is 6.69. The topological polar surface area (TPSA) is 75.6 Å².